The van der Waals surface area contributed by atoms with E-state index in [4.69, 9.17) is 4.74 Å². The molecule has 0 spiro atoms. The lowest BCUT2D eigenvalue weighted by Crippen LogP contribution is -2.35. The average Bonchev–Trinajstić information content (AvgIpc) is 2.58. The summed E-state index contributed by atoms with van der Waals surface area (Å²) in [7, 11) is 1.40. The summed E-state index contributed by atoms with van der Waals surface area (Å²) < 4.78 is 5.92. The van der Waals surface area contributed by atoms with E-state index in [1.54, 1.807) is 18.2 Å². The zero-order valence-corrected chi connectivity index (χ0v) is 14.3. The first-order valence-corrected chi connectivity index (χ1v) is 8.24. The van der Waals surface area contributed by atoms with Crippen LogP contribution in [0.3, 0.4) is 0 Å². The van der Waals surface area contributed by atoms with Crippen molar-refractivity contribution in [3.05, 3.63) is 50.7 Å². The van der Waals surface area contributed by atoms with Crippen LogP contribution in [0.4, 0.5) is 0 Å². The third kappa shape index (κ3) is 3.99. The molecule has 0 aliphatic rings. The molecule has 2 rings (SSSR count). The minimum absolute atomic E-state index is 0.0997. The van der Waals surface area contributed by atoms with Crippen LogP contribution < -0.4 is 21.1 Å². The van der Waals surface area contributed by atoms with E-state index in [1.807, 2.05) is 6.92 Å². The molecule has 25 heavy (non-hydrogen) atoms. The Morgan fingerprint density at radius 3 is 2.60 bits per heavy atom. The second-order valence-electron chi connectivity index (χ2n) is 5.68. The summed E-state index contributed by atoms with van der Waals surface area (Å²) in [6, 6.07) is 6.40. The number of carbonyl (C=O) groups is 1. The zero-order chi connectivity index (χ0) is 18.4. The number of ketones is 1. The van der Waals surface area contributed by atoms with Crippen molar-refractivity contribution in [2.24, 2.45) is 0 Å². The maximum atomic E-state index is 12.7. The van der Waals surface area contributed by atoms with Gasteiger partial charge in [-0.2, -0.15) is 0 Å². The van der Waals surface area contributed by atoms with E-state index in [9.17, 15) is 19.5 Å². The van der Waals surface area contributed by atoms with Crippen LogP contribution in [0.15, 0.2) is 33.9 Å². The van der Waals surface area contributed by atoms with Gasteiger partial charge < -0.3 is 9.84 Å². The van der Waals surface area contributed by atoms with Crippen molar-refractivity contribution in [1.29, 1.82) is 0 Å². The SMILES string of the molecule is CCCCCCC(=O)c1c([O-])n(-c2ccccc2OC)c(=O)[nH]c1=O. The van der Waals surface area contributed by atoms with Gasteiger partial charge in [-0.15, -0.1) is 0 Å². The molecule has 0 aliphatic carbocycles. The van der Waals surface area contributed by atoms with Crippen LogP contribution in [-0.2, 0) is 0 Å². The molecule has 0 bridgehead atoms. The van der Waals surface area contributed by atoms with Gasteiger partial charge in [-0.25, -0.2) is 4.79 Å². The van der Waals surface area contributed by atoms with Gasteiger partial charge in [-0.05, 0) is 24.4 Å². The predicted molar refractivity (Wildman–Crippen MR) is 91.7 cm³/mol. The fraction of sp³-hybridized carbons (Fsp3) is 0.389. The molecular weight excluding hydrogens is 324 g/mol. The summed E-state index contributed by atoms with van der Waals surface area (Å²) in [6.07, 6.45) is 3.54. The van der Waals surface area contributed by atoms with E-state index in [-0.39, 0.29) is 17.9 Å². The Morgan fingerprint density at radius 1 is 1.20 bits per heavy atom. The molecule has 2 aromatic rings. The van der Waals surface area contributed by atoms with Gasteiger partial charge >= 0.3 is 5.69 Å². The first-order valence-electron chi connectivity index (χ1n) is 8.24. The Bertz CT molecular complexity index is 867. The molecule has 0 atom stereocenters. The molecule has 0 unspecified atom stereocenters. The monoisotopic (exact) mass is 345 g/mol. The number of hydrogen-bond donors (Lipinski definition) is 1. The molecular formula is C18H21N2O5-. The quantitative estimate of drug-likeness (QED) is 0.580. The van der Waals surface area contributed by atoms with Crippen LogP contribution in [-0.4, -0.2) is 22.4 Å². The molecule has 7 heteroatoms. The minimum Gasteiger partial charge on any atom is -0.859 e. The summed E-state index contributed by atoms with van der Waals surface area (Å²) >= 11 is 0. The molecule has 7 nitrogen and oxygen atoms in total. The van der Waals surface area contributed by atoms with E-state index in [2.05, 4.69) is 4.98 Å². The highest BCUT2D eigenvalue weighted by Crippen LogP contribution is 2.24. The van der Waals surface area contributed by atoms with Crippen molar-refractivity contribution in [2.75, 3.05) is 7.11 Å². The standard InChI is InChI=1S/C18H22N2O5/c1-3-4-5-6-10-13(21)15-16(22)19-18(24)20(17(15)23)12-9-7-8-11-14(12)25-2/h7-9,11,23H,3-6,10H2,1-2H3,(H,19,22,24)/p-1. The maximum absolute atomic E-state index is 12.7. The Labute approximate surface area is 144 Å². The van der Waals surface area contributed by atoms with Gasteiger partial charge in [0.1, 0.15) is 5.75 Å². The summed E-state index contributed by atoms with van der Waals surface area (Å²) in [5.41, 5.74) is -2.18. The number of methoxy groups -OCH3 is 1. The van der Waals surface area contributed by atoms with Crippen molar-refractivity contribution in [1.82, 2.24) is 9.55 Å². The van der Waals surface area contributed by atoms with Crippen molar-refractivity contribution in [3.8, 4) is 17.3 Å². The third-order valence-corrected chi connectivity index (χ3v) is 3.93. The second-order valence-corrected chi connectivity index (χ2v) is 5.68. The predicted octanol–water partition coefficient (Wildman–Crippen LogP) is 1.76. The minimum atomic E-state index is -0.943. The smallest absolute Gasteiger partial charge is 0.332 e. The lowest BCUT2D eigenvalue weighted by Gasteiger charge is -2.20. The first-order chi connectivity index (χ1) is 12.0. The number of ether oxygens (including phenoxy) is 1. The van der Waals surface area contributed by atoms with Crippen LogP contribution >= 0.6 is 0 Å². The summed E-state index contributed by atoms with van der Waals surface area (Å²) in [5, 5.41) is 12.7. The Hall–Kier alpha value is -2.83. The molecule has 134 valence electrons. The van der Waals surface area contributed by atoms with E-state index in [0.717, 1.165) is 23.8 Å². The number of aromatic nitrogens is 2. The number of nitrogens with zero attached hydrogens (tertiary/aromatic N) is 1. The normalized spacial score (nSPS) is 10.6. The molecule has 0 saturated heterocycles. The Morgan fingerprint density at radius 2 is 1.92 bits per heavy atom. The van der Waals surface area contributed by atoms with Crippen LogP contribution in [0.5, 0.6) is 11.6 Å². The molecule has 0 aliphatic heterocycles. The van der Waals surface area contributed by atoms with Gasteiger partial charge in [0.05, 0.1) is 18.4 Å². The topological polar surface area (TPSA) is 104 Å². The van der Waals surface area contributed by atoms with Gasteiger partial charge in [-0.3, -0.25) is 19.1 Å². The summed E-state index contributed by atoms with van der Waals surface area (Å²) in [5.74, 6) is -1.18. The molecule has 0 saturated carbocycles. The highest BCUT2D eigenvalue weighted by Gasteiger charge is 2.17. The molecule has 1 aromatic carbocycles. The Kier molecular flexibility index (Phi) is 6.16. The van der Waals surface area contributed by atoms with Crippen molar-refractivity contribution in [3.63, 3.8) is 0 Å². The fourth-order valence-electron chi connectivity index (χ4n) is 2.63. The number of H-pyrrole nitrogens is 1. The van der Waals surface area contributed by atoms with Crippen molar-refractivity contribution < 1.29 is 14.6 Å². The Balaban J connectivity index is 2.49. The lowest BCUT2D eigenvalue weighted by atomic mass is 10.1. The summed E-state index contributed by atoms with van der Waals surface area (Å²) in [4.78, 5) is 38.5. The van der Waals surface area contributed by atoms with Crippen LogP contribution in [0.25, 0.3) is 5.69 Å². The number of benzene rings is 1. The molecule has 0 amide bonds. The molecule has 1 heterocycles. The highest BCUT2D eigenvalue weighted by atomic mass is 16.5. The van der Waals surface area contributed by atoms with Gasteiger partial charge in [0.25, 0.3) is 5.56 Å². The number of unbranched alkanes of at least 4 members (excludes halogenated alkanes) is 3. The van der Waals surface area contributed by atoms with Crippen LogP contribution in [0, 0.1) is 0 Å². The number of aromatic amines is 1. The first kappa shape index (κ1) is 18.5. The number of para-hydroxylation sites is 2. The number of nitrogens with one attached hydrogen (secondary N) is 1. The highest BCUT2D eigenvalue weighted by molar-refractivity contribution is 5.97. The largest absolute Gasteiger partial charge is 0.859 e. The fourth-order valence-corrected chi connectivity index (χ4v) is 2.63. The van der Waals surface area contributed by atoms with E-state index in [1.165, 1.54) is 13.2 Å². The van der Waals surface area contributed by atoms with Gasteiger partial charge in [0.15, 0.2) is 5.78 Å². The second kappa shape index (κ2) is 8.32. The molecule has 1 aromatic heterocycles. The summed E-state index contributed by atoms with van der Waals surface area (Å²) in [6.45, 7) is 2.05. The number of rotatable bonds is 8. The van der Waals surface area contributed by atoms with E-state index < -0.39 is 28.5 Å². The molecule has 0 radical (unpaired) electrons. The van der Waals surface area contributed by atoms with Crippen molar-refractivity contribution in [2.45, 2.75) is 39.0 Å². The number of hydrogen-bond acceptors (Lipinski definition) is 5. The molecule has 0 fully saturated rings. The van der Waals surface area contributed by atoms with Gasteiger partial charge in [0.2, 0.25) is 0 Å². The van der Waals surface area contributed by atoms with E-state index >= 15 is 0 Å². The third-order valence-electron chi connectivity index (χ3n) is 3.93. The van der Waals surface area contributed by atoms with Gasteiger partial charge in [0, 0.05) is 6.42 Å². The zero-order valence-electron chi connectivity index (χ0n) is 14.3. The van der Waals surface area contributed by atoms with Crippen LogP contribution in [0.2, 0.25) is 0 Å². The average molecular weight is 345 g/mol. The van der Waals surface area contributed by atoms with Gasteiger partial charge in [-0.1, -0.05) is 38.3 Å². The van der Waals surface area contributed by atoms with E-state index in [0.29, 0.717) is 6.42 Å². The number of Topliss-reactive ketones (excluding diaryl/α,β-unsaturated/α-hetero) is 1. The maximum Gasteiger partial charge on any atom is 0.332 e. The lowest BCUT2D eigenvalue weighted by molar-refractivity contribution is -0.278. The number of carbonyl (C=O) groups excluding carboxylic acids is 1. The molecule has 1 N–H and O–H groups in total. The van der Waals surface area contributed by atoms with Crippen LogP contribution in [0.1, 0.15) is 49.4 Å². The van der Waals surface area contributed by atoms with Crippen molar-refractivity contribution >= 4 is 5.78 Å².